The van der Waals surface area contributed by atoms with Crippen LogP contribution in [0.5, 0.6) is 0 Å². The molecule has 6 heteroatoms. The maximum absolute atomic E-state index is 11.5. The van der Waals surface area contributed by atoms with Crippen molar-refractivity contribution in [3.63, 3.8) is 0 Å². The summed E-state index contributed by atoms with van der Waals surface area (Å²) in [5, 5.41) is 20.9. The number of aryl methyl sites for hydroxylation is 1. The van der Waals surface area contributed by atoms with Gasteiger partial charge in [0.1, 0.15) is 11.9 Å². The third-order valence-corrected chi connectivity index (χ3v) is 6.08. The Morgan fingerprint density at radius 2 is 2.12 bits per heavy atom. The largest absolute Gasteiger partial charge is 0.508 e. The number of ether oxygens (including phenoxy) is 2. The van der Waals surface area contributed by atoms with Crippen molar-refractivity contribution in [3.05, 3.63) is 59.3 Å². The molecule has 1 aliphatic heterocycles. The van der Waals surface area contributed by atoms with Crippen molar-refractivity contribution in [1.29, 1.82) is 0 Å². The Morgan fingerprint density at radius 3 is 2.72 bits per heavy atom. The Hall–Kier alpha value is -2.31. The van der Waals surface area contributed by atoms with Crippen molar-refractivity contribution in [3.8, 4) is 0 Å². The molecule has 6 nitrogen and oxygen atoms in total. The molecule has 1 aromatic heterocycles. The van der Waals surface area contributed by atoms with Gasteiger partial charge in [0.2, 0.25) is 0 Å². The number of esters is 1. The van der Waals surface area contributed by atoms with Gasteiger partial charge >= 0.3 is 5.97 Å². The molecule has 2 unspecified atom stereocenters. The molecule has 1 aliphatic rings. The number of carbonyl (C=O) groups excluding carboxylic acids is 1. The molecule has 178 valence electrons. The molecule has 0 saturated carbocycles. The van der Waals surface area contributed by atoms with E-state index < -0.39 is 17.7 Å². The third-order valence-electron chi connectivity index (χ3n) is 6.08. The van der Waals surface area contributed by atoms with Crippen molar-refractivity contribution in [1.82, 2.24) is 0 Å². The summed E-state index contributed by atoms with van der Waals surface area (Å²) >= 11 is 0. The van der Waals surface area contributed by atoms with Crippen LogP contribution in [0.2, 0.25) is 0 Å². The number of aliphatic hydroxyl groups excluding tert-OH is 1. The number of allylic oxidation sites excluding steroid dienone is 2. The van der Waals surface area contributed by atoms with Gasteiger partial charge in [0.25, 0.3) is 0 Å². The smallest absolute Gasteiger partial charge is 0.338 e. The first-order valence-corrected chi connectivity index (χ1v) is 11.3. The van der Waals surface area contributed by atoms with Gasteiger partial charge in [-0.05, 0) is 70.4 Å². The standard InChI is InChI=1S/C26H38O6/c1-18(8-6-9-19(2)16-22-24(27)20(3)25(28)32-22)11-12-23(30-5)26(4,29)14-7-10-21-13-15-31-17-21/h9,11-13,15,17-18,22-23,27,29H,6-8,10,14,16H2,1-5H3/b12-11+,19-9+/t18-,22-,23?,26?/m0/s1. The maximum Gasteiger partial charge on any atom is 0.338 e. The minimum absolute atomic E-state index is 0.0430. The number of hydrogen-bond donors (Lipinski definition) is 2. The zero-order chi connectivity index (χ0) is 23.7. The van der Waals surface area contributed by atoms with E-state index in [2.05, 4.69) is 19.1 Å². The first kappa shape index (κ1) is 25.9. The second kappa shape index (κ2) is 12.1. The molecule has 2 N–H and O–H groups in total. The molecule has 0 spiro atoms. The van der Waals surface area contributed by atoms with Crippen LogP contribution in [0.3, 0.4) is 0 Å². The Kier molecular flexibility index (Phi) is 9.79. The summed E-state index contributed by atoms with van der Waals surface area (Å²) < 4.78 is 15.8. The normalized spacial score (nSPS) is 21.1. The van der Waals surface area contributed by atoms with E-state index in [0.29, 0.717) is 24.3 Å². The zero-order valence-electron chi connectivity index (χ0n) is 20.0. The highest BCUT2D eigenvalue weighted by atomic mass is 16.6. The van der Waals surface area contributed by atoms with Gasteiger partial charge in [-0.2, -0.15) is 0 Å². The molecule has 0 amide bonds. The topological polar surface area (TPSA) is 89.1 Å². The van der Waals surface area contributed by atoms with Gasteiger partial charge in [-0.1, -0.05) is 30.7 Å². The van der Waals surface area contributed by atoms with Crippen LogP contribution in [0, 0.1) is 5.92 Å². The van der Waals surface area contributed by atoms with E-state index in [1.807, 2.05) is 26.0 Å². The zero-order valence-corrected chi connectivity index (χ0v) is 20.0. The van der Waals surface area contributed by atoms with E-state index in [-0.39, 0.29) is 11.9 Å². The van der Waals surface area contributed by atoms with Crippen molar-refractivity contribution in [2.45, 2.75) is 84.0 Å². The maximum atomic E-state index is 11.5. The monoisotopic (exact) mass is 446 g/mol. The number of hydrogen-bond acceptors (Lipinski definition) is 6. The molecule has 32 heavy (non-hydrogen) atoms. The lowest BCUT2D eigenvalue weighted by Crippen LogP contribution is -2.39. The second-order valence-electron chi connectivity index (χ2n) is 9.10. The molecular weight excluding hydrogens is 408 g/mol. The summed E-state index contributed by atoms with van der Waals surface area (Å²) in [6, 6.07) is 1.95. The van der Waals surface area contributed by atoms with E-state index >= 15 is 0 Å². The number of methoxy groups -OCH3 is 1. The minimum Gasteiger partial charge on any atom is -0.508 e. The fourth-order valence-corrected chi connectivity index (χ4v) is 3.88. The SMILES string of the molecule is COC(/C=C/[C@@H](C)CC/C=C(\C)C[C@@H]1OC(=O)C(C)=C1O)C(C)(O)CCCc1ccoc1. The van der Waals surface area contributed by atoms with E-state index in [0.717, 1.165) is 36.8 Å². The van der Waals surface area contributed by atoms with Crippen LogP contribution in [-0.2, 0) is 20.7 Å². The summed E-state index contributed by atoms with van der Waals surface area (Å²) in [6.45, 7) is 7.52. The quantitative estimate of drug-likeness (QED) is 0.310. The number of furan rings is 1. The number of cyclic esters (lactones) is 1. The number of carbonyl (C=O) groups is 1. The van der Waals surface area contributed by atoms with E-state index in [4.69, 9.17) is 13.9 Å². The van der Waals surface area contributed by atoms with Crippen LogP contribution < -0.4 is 0 Å². The number of aliphatic hydroxyl groups is 2. The van der Waals surface area contributed by atoms with Gasteiger partial charge in [0.05, 0.1) is 23.7 Å². The molecular formula is C26H38O6. The first-order chi connectivity index (χ1) is 15.1. The molecule has 0 aromatic carbocycles. The summed E-state index contributed by atoms with van der Waals surface area (Å²) in [7, 11) is 1.62. The molecule has 1 aromatic rings. The van der Waals surface area contributed by atoms with Crippen LogP contribution in [-0.4, -0.2) is 41.1 Å². The molecule has 4 atom stereocenters. The molecule has 0 bridgehead atoms. The van der Waals surface area contributed by atoms with Crippen LogP contribution in [0.4, 0.5) is 0 Å². The molecule has 2 rings (SSSR count). The fraction of sp³-hybridized carbons (Fsp3) is 0.577. The van der Waals surface area contributed by atoms with E-state index in [1.54, 1.807) is 26.6 Å². The third kappa shape index (κ3) is 7.68. The molecule has 0 radical (unpaired) electrons. The van der Waals surface area contributed by atoms with Gasteiger partial charge in [-0.15, -0.1) is 0 Å². The van der Waals surface area contributed by atoms with Gasteiger partial charge in [-0.3, -0.25) is 0 Å². The summed E-state index contributed by atoms with van der Waals surface area (Å²) in [6.07, 6.45) is 13.3. The average molecular weight is 447 g/mol. The minimum atomic E-state index is -0.947. The predicted molar refractivity (Wildman–Crippen MR) is 124 cm³/mol. The van der Waals surface area contributed by atoms with Crippen molar-refractivity contribution in [2.24, 2.45) is 5.92 Å². The van der Waals surface area contributed by atoms with Crippen LogP contribution in [0.1, 0.15) is 65.4 Å². The number of rotatable bonds is 13. The van der Waals surface area contributed by atoms with Crippen LogP contribution in [0.15, 0.2) is 58.1 Å². The first-order valence-electron chi connectivity index (χ1n) is 11.3. The lowest BCUT2D eigenvalue weighted by Gasteiger charge is -2.30. The summed E-state index contributed by atoms with van der Waals surface area (Å²) in [5.41, 5.74) is 1.56. The lowest BCUT2D eigenvalue weighted by atomic mass is 9.90. The van der Waals surface area contributed by atoms with Gasteiger partial charge < -0.3 is 24.1 Å². The molecule has 0 fully saturated rings. The highest BCUT2D eigenvalue weighted by molar-refractivity contribution is 5.91. The second-order valence-corrected chi connectivity index (χ2v) is 9.10. The highest BCUT2D eigenvalue weighted by Crippen LogP contribution is 2.26. The van der Waals surface area contributed by atoms with Crippen LogP contribution >= 0.6 is 0 Å². The van der Waals surface area contributed by atoms with Gasteiger partial charge in [0, 0.05) is 13.5 Å². The Labute approximate surface area is 191 Å². The molecule has 0 aliphatic carbocycles. The van der Waals surface area contributed by atoms with E-state index in [9.17, 15) is 15.0 Å². The van der Waals surface area contributed by atoms with E-state index in [1.165, 1.54) is 0 Å². The van der Waals surface area contributed by atoms with Crippen molar-refractivity contribution < 1.29 is 28.9 Å². The van der Waals surface area contributed by atoms with Gasteiger partial charge in [-0.25, -0.2) is 4.79 Å². The molecule has 0 saturated heterocycles. The van der Waals surface area contributed by atoms with Gasteiger partial charge in [0.15, 0.2) is 6.10 Å². The van der Waals surface area contributed by atoms with Crippen LogP contribution in [0.25, 0.3) is 0 Å². The van der Waals surface area contributed by atoms with Crippen molar-refractivity contribution >= 4 is 5.97 Å². The lowest BCUT2D eigenvalue weighted by molar-refractivity contribution is -0.140. The Balaban J connectivity index is 1.77. The Morgan fingerprint density at radius 1 is 1.38 bits per heavy atom. The Bertz CT molecular complexity index is 815. The highest BCUT2D eigenvalue weighted by Gasteiger charge is 2.31. The summed E-state index contributed by atoms with van der Waals surface area (Å²) in [5.74, 6) is -0.0797. The predicted octanol–water partition coefficient (Wildman–Crippen LogP) is 5.43. The summed E-state index contributed by atoms with van der Waals surface area (Å²) in [4.78, 5) is 11.5. The average Bonchev–Trinajstić information content (AvgIpc) is 3.33. The fourth-order valence-electron chi connectivity index (χ4n) is 3.88. The van der Waals surface area contributed by atoms with Crippen molar-refractivity contribution in [2.75, 3.05) is 7.11 Å². The molecule has 2 heterocycles.